The molecular weight excluding hydrogens is 290 g/mol. The number of aryl methyl sites for hydroxylation is 1. The number of hydrogen-bond donors (Lipinski definition) is 2. The van der Waals surface area contributed by atoms with Gasteiger partial charge in [-0.25, -0.2) is 4.98 Å². The highest BCUT2D eigenvalue weighted by molar-refractivity contribution is 5.77. The average Bonchev–Trinajstić information content (AvgIpc) is 3.13. The molecule has 0 amide bonds. The number of rotatable bonds is 4. The second-order valence-electron chi connectivity index (χ2n) is 6.05. The van der Waals surface area contributed by atoms with Gasteiger partial charge in [-0.2, -0.15) is 0 Å². The lowest BCUT2D eigenvalue weighted by molar-refractivity contribution is 0.428. The van der Waals surface area contributed by atoms with E-state index in [0.717, 1.165) is 41.5 Å². The van der Waals surface area contributed by atoms with Gasteiger partial charge >= 0.3 is 0 Å². The van der Waals surface area contributed by atoms with Crippen LogP contribution in [0, 0.1) is 6.92 Å². The number of furan rings is 1. The molecule has 3 aromatic heterocycles. The Morgan fingerprint density at radius 2 is 2.30 bits per heavy atom. The van der Waals surface area contributed by atoms with E-state index in [0.29, 0.717) is 6.54 Å². The third-order valence-electron chi connectivity index (χ3n) is 4.27. The van der Waals surface area contributed by atoms with Crippen LogP contribution < -0.4 is 10.6 Å². The molecule has 0 radical (unpaired) electrons. The summed E-state index contributed by atoms with van der Waals surface area (Å²) in [4.78, 5) is 8.90. The Balaban J connectivity index is 1.68. The molecule has 0 aliphatic carbocycles. The minimum Gasteiger partial charge on any atom is -0.464 e. The number of imidazole rings is 1. The highest BCUT2D eigenvalue weighted by Gasteiger charge is 2.17. The summed E-state index contributed by atoms with van der Waals surface area (Å²) in [7, 11) is 0. The lowest BCUT2D eigenvalue weighted by atomic mass is 10.1. The molecule has 2 N–H and O–H groups in total. The van der Waals surface area contributed by atoms with Gasteiger partial charge in [-0.05, 0) is 50.9 Å². The van der Waals surface area contributed by atoms with Crippen molar-refractivity contribution in [2.24, 2.45) is 0 Å². The summed E-state index contributed by atoms with van der Waals surface area (Å²) in [6.45, 7) is 3.67. The molecule has 120 valence electrons. The largest absolute Gasteiger partial charge is 0.464 e. The molecule has 4 rings (SSSR count). The normalized spacial score (nSPS) is 18.4. The summed E-state index contributed by atoms with van der Waals surface area (Å²) in [5, 5.41) is 7.04. The molecule has 23 heavy (non-hydrogen) atoms. The van der Waals surface area contributed by atoms with Gasteiger partial charge in [0.15, 0.2) is 0 Å². The Hall–Kier alpha value is -2.34. The third kappa shape index (κ3) is 2.94. The molecule has 0 saturated carbocycles. The quantitative estimate of drug-likeness (QED) is 0.775. The van der Waals surface area contributed by atoms with Gasteiger partial charge in [0, 0.05) is 6.20 Å². The van der Waals surface area contributed by atoms with Crippen LogP contribution in [0.15, 0.2) is 35.0 Å². The average molecular weight is 311 g/mol. The monoisotopic (exact) mass is 311 g/mol. The van der Waals surface area contributed by atoms with Crippen LogP contribution in [0.25, 0.3) is 11.0 Å². The number of fused-ring (bicyclic) bond motifs is 1. The lowest BCUT2D eigenvalue weighted by Crippen LogP contribution is -2.40. The van der Waals surface area contributed by atoms with Gasteiger partial charge in [0.05, 0.1) is 24.4 Å². The first-order valence-corrected chi connectivity index (χ1v) is 8.15. The van der Waals surface area contributed by atoms with E-state index >= 15 is 0 Å². The molecule has 6 heteroatoms. The van der Waals surface area contributed by atoms with Crippen molar-refractivity contribution in [2.45, 2.75) is 38.9 Å². The molecule has 1 fully saturated rings. The minimum absolute atomic E-state index is 0.269. The van der Waals surface area contributed by atoms with Crippen LogP contribution in [0.5, 0.6) is 0 Å². The summed E-state index contributed by atoms with van der Waals surface area (Å²) in [6, 6.07) is 6.01. The van der Waals surface area contributed by atoms with E-state index < -0.39 is 0 Å². The predicted octanol–water partition coefficient (Wildman–Crippen LogP) is 2.89. The first-order valence-electron chi connectivity index (χ1n) is 8.15. The van der Waals surface area contributed by atoms with Gasteiger partial charge in [0.2, 0.25) is 5.95 Å². The van der Waals surface area contributed by atoms with Crippen molar-refractivity contribution in [1.29, 1.82) is 0 Å². The molecule has 0 bridgehead atoms. The van der Waals surface area contributed by atoms with Crippen molar-refractivity contribution < 1.29 is 4.42 Å². The Morgan fingerprint density at radius 1 is 1.35 bits per heavy atom. The first kappa shape index (κ1) is 14.3. The fraction of sp³-hybridized carbons (Fsp3) is 0.412. The number of piperidine rings is 1. The highest BCUT2D eigenvalue weighted by Crippen LogP contribution is 2.22. The van der Waals surface area contributed by atoms with Crippen LogP contribution in [-0.2, 0) is 6.54 Å². The molecule has 0 spiro atoms. The van der Waals surface area contributed by atoms with Gasteiger partial charge in [-0.15, -0.1) is 0 Å². The van der Waals surface area contributed by atoms with Gasteiger partial charge in [-0.3, -0.25) is 10.3 Å². The second kappa shape index (κ2) is 6.04. The Morgan fingerprint density at radius 3 is 3.09 bits per heavy atom. The third-order valence-corrected chi connectivity index (χ3v) is 4.27. The molecule has 4 heterocycles. The number of nitrogens with zero attached hydrogens (tertiary/aromatic N) is 3. The Labute approximate surface area is 134 Å². The Bertz CT molecular complexity index is 800. The first-order chi connectivity index (χ1) is 11.3. The molecule has 6 nitrogen and oxygen atoms in total. The summed E-state index contributed by atoms with van der Waals surface area (Å²) < 4.78 is 7.90. The maximum Gasteiger partial charge on any atom is 0.205 e. The van der Waals surface area contributed by atoms with Crippen LogP contribution in [0.2, 0.25) is 0 Å². The van der Waals surface area contributed by atoms with Crippen LogP contribution in [0.1, 0.15) is 30.8 Å². The van der Waals surface area contributed by atoms with Crippen molar-refractivity contribution in [2.75, 3.05) is 11.9 Å². The van der Waals surface area contributed by atoms with E-state index in [4.69, 9.17) is 9.40 Å². The van der Waals surface area contributed by atoms with E-state index in [-0.39, 0.29) is 6.17 Å². The number of hydrogen-bond acceptors (Lipinski definition) is 5. The van der Waals surface area contributed by atoms with Crippen molar-refractivity contribution in [3.8, 4) is 0 Å². The minimum atomic E-state index is 0.269. The zero-order valence-electron chi connectivity index (χ0n) is 13.2. The molecule has 1 unspecified atom stereocenters. The maximum atomic E-state index is 5.74. The van der Waals surface area contributed by atoms with E-state index in [1.165, 1.54) is 12.8 Å². The summed E-state index contributed by atoms with van der Waals surface area (Å²) in [5.41, 5.74) is 1.96. The second-order valence-corrected chi connectivity index (χ2v) is 6.05. The number of nitrogens with one attached hydrogen (secondary N) is 2. The SMILES string of the molecule is Cc1ccc(Cn2c(NC3CCCCN3)nc3cnccc32)o1. The van der Waals surface area contributed by atoms with Crippen molar-refractivity contribution in [1.82, 2.24) is 19.9 Å². The molecule has 3 aromatic rings. The van der Waals surface area contributed by atoms with Gasteiger partial charge in [0.1, 0.15) is 17.0 Å². The van der Waals surface area contributed by atoms with Crippen molar-refractivity contribution in [3.63, 3.8) is 0 Å². The van der Waals surface area contributed by atoms with Gasteiger partial charge in [0.25, 0.3) is 0 Å². The van der Waals surface area contributed by atoms with Crippen LogP contribution >= 0.6 is 0 Å². The fourth-order valence-electron chi connectivity index (χ4n) is 3.11. The Kier molecular flexibility index (Phi) is 3.75. The molecule has 1 saturated heterocycles. The van der Waals surface area contributed by atoms with Crippen molar-refractivity contribution >= 4 is 17.0 Å². The summed E-state index contributed by atoms with van der Waals surface area (Å²) >= 11 is 0. The summed E-state index contributed by atoms with van der Waals surface area (Å²) in [6.07, 6.45) is 7.47. The molecule has 0 aromatic carbocycles. The van der Waals surface area contributed by atoms with Crippen LogP contribution in [-0.4, -0.2) is 27.2 Å². The van der Waals surface area contributed by atoms with Crippen LogP contribution in [0.3, 0.4) is 0 Å². The molecule has 1 aliphatic heterocycles. The number of anilines is 1. The smallest absolute Gasteiger partial charge is 0.205 e. The van der Waals surface area contributed by atoms with E-state index in [1.54, 1.807) is 12.4 Å². The maximum absolute atomic E-state index is 5.74. The van der Waals surface area contributed by atoms with E-state index in [9.17, 15) is 0 Å². The zero-order valence-corrected chi connectivity index (χ0v) is 13.2. The van der Waals surface area contributed by atoms with E-state index in [2.05, 4.69) is 20.2 Å². The predicted molar refractivity (Wildman–Crippen MR) is 89.3 cm³/mol. The fourth-order valence-corrected chi connectivity index (χ4v) is 3.11. The topological polar surface area (TPSA) is 67.9 Å². The van der Waals surface area contributed by atoms with Gasteiger partial charge in [-0.1, -0.05) is 0 Å². The molecular formula is C17H21N5O. The highest BCUT2D eigenvalue weighted by atomic mass is 16.3. The number of pyridine rings is 1. The standard InChI is InChI=1S/C17H21N5O/c1-12-5-6-13(23-12)11-22-15-7-9-18-10-14(15)20-17(22)21-16-4-2-3-8-19-16/h5-7,9-10,16,19H,2-4,8,11H2,1H3,(H,20,21). The number of aromatic nitrogens is 3. The van der Waals surface area contributed by atoms with Crippen molar-refractivity contribution in [3.05, 3.63) is 42.1 Å². The van der Waals surface area contributed by atoms with Crippen LogP contribution in [0.4, 0.5) is 5.95 Å². The van der Waals surface area contributed by atoms with E-state index in [1.807, 2.05) is 25.1 Å². The zero-order chi connectivity index (χ0) is 15.6. The lowest BCUT2D eigenvalue weighted by Gasteiger charge is -2.25. The molecule has 1 atom stereocenters. The molecule has 1 aliphatic rings. The summed E-state index contributed by atoms with van der Waals surface area (Å²) in [5.74, 6) is 2.72. The van der Waals surface area contributed by atoms with Gasteiger partial charge < -0.3 is 14.3 Å².